The maximum Gasteiger partial charge on any atom is 0.277 e. The molecule has 0 aliphatic rings. The Hall–Kier alpha value is -2.20. The summed E-state index contributed by atoms with van der Waals surface area (Å²) in [6.07, 6.45) is 0. The number of nitro groups is 1. The number of halogens is 1. The van der Waals surface area contributed by atoms with Crippen molar-refractivity contribution in [3.05, 3.63) is 75.3 Å². The van der Waals surface area contributed by atoms with Gasteiger partial charge >= 0.3 is 0 Å². The highest BCUT2D eigenvalue weighted by Gasteiger charge is 2.15. The molecule has 0 unspecified atom stereocenters. The van der Waals surface area contributed by atoms with E-state index in [1.54, 1.807) is 12.1 Å². The summed E-state index contributed by atoms with van der Waals surface area (Å²) in [4.78, 5) is 10.9. The van der Waals surface area contributed by atoms with Crippen LogP contribution in [0.5, 0.6) is 0 Å². The highest BCUT2D eigenvalue weighted by Crippen LogP contribution is 2.35. The van der Waals surface area contributed by atoms with E-state index in [0.717, 1.165) is 20.8 Å². The highest BCUT2D eigenvalue weighted by molar-refractivity contribution is 9.10. The molecule has 0 aliphatic carbocycles. The molecular weight excluding hydrogens is 318 g/mol. The molecule has 20 heavy (non-hydrogen) atoms. The molecule has 3 aromatic rings. The van der Waals surface area contributed by atoms with Crippen LogP contribution in [-0.4, -0.2) is 4.92 Å². The van der Waals surface area contributed by atoms with Crippen molar-refractivity contribution in [2.24, 2.45) is 0 Å². The largest absolute Gasteiger partial charge is 0.277 e. The smallest absolute Gasteiger partial charge is 0.258 e. The first-order valence-electron chi connectivity index (χ1n) is 6.09. The first-order chi connectivity index (χ1) is 9.66. The average molecular weight is 328 g/mol. The zero-order chi connectivity index (χ0) is 14.1. The molecule has 98 valence electrons. The molecule has 0 atom stereocenters. The Balaban J connectivity index is 2.35. The van der Waals surface area contributed by atoms with E-state index < -0.39 is 0 Å². The Kier molecular flexibility index (Phi) is 3.24. The summed E-state index contributed by atoms with van der Waals surface area (Å²) in [5.41, 5.74) is 1.64. The number of hydrogen-bond acceptors (Lipinski definition) is 2. The van der Waals surface area contributed by atoms with E-state index in [2.05, 4.69) is 15.9 Å². The number of para-hydroxylation sites is 1. The lowest BCUT2D eigenvalue weighted by molar-refractivity contribution is -0.384. The standard InChI is InChI=1S/C16H10BrNO2/c17-12-9-8-11-4-3-6-13(15(11)10-12)14-5-1-2-7-16(14)18(19)20/h1-10H. The van der Waals surface area contributed by atoms with Crippen LogP contribution in [0.4, 0.5) is 5.69 Å². The van der Waals surface area contributed by atoms with Gasteiger partial charge in [-0.15, -0.1) is 0 Å². The van der Waals surface area contributed by atoms with E-state index in [1.165, 1.54) is 6.07 Å². The molecule has 3 aromatic carbocycles. The van der Waals surface area contributed by atoms with Crippen LogP contribution in [0, 0.1) is 10.1 Å². The predicted molar refractivity (Wildman–Crippen MR) is 83.7 cm³/mol. The zero-order valence-electron chi connectivity index (χ0n) is 10.4. The van der Waals surface area contributed by atoms with Gasteiger partial charge in [-0.1, -0.05) is 52.3 Å². The summed E-state index contributed by atoms with van der Waals surface area (Å²) >= 11 is 3.45. The number of fused-ring (bicyclic) bond motifs is 1. The first kappa shape index (κ1) is 12.8. The number of benzene rings is 3. The van der Waals surface area contributed by atoms with Gasteiger partial charge in [0.25, 0.3) is 5.69 Å². The lowest BCUT2D eigenvalue weighted by atomic mass is 9.97. The van der Waals surface area contributed by atoms with E-state index >= 15 is 0 Å². The Morgan fingerprint density at radius 3 is 2.45 bits per heavy atom. The molecule has 0 saturated carbocycles. The predicted octanol–water partition coefficient (Wildman–Crippen LogP) is 5.18. The Labute approximate surface area is 124 Å². The van der Waals surface area contributed by atoms with Crippen molar-refractivity contribution in [3.63, 3.8) is 0 Å². The van der Waals surface area contributed by atoms with E-state index in [9.17, 15) is 10.1 Å². The Morgan fingerprint density at radius 2 is 1.65 bits per heavy atom. The van der Waals surface area contributed by atoms with Crippen molar-refractivity contribution < 1.29 is 4.92 Å². The number of hydrogen-bond donors (Lipinski definition) is 0. The third kappa shape index (κ3) is 2.18. The van der Waals surface area contributed by atoms with Gasteiger partial charge in [0.2, 0.25) is 0 Å². The van der Waals surface area contributed by atoms with Crippen LogP contribution in [0.1, 0.15) is 0 Å². The molecule has 0 saturated heterocycles. The van der Waals surface area contributed by atoms with Gasteiger partial charge in [0.1, 0.15) is 0 Å². The summed E-state index contributed by atoms with van der Waals surface area (Å²) < 4.78 is 0.955. The summed E-state index contributed by atoms with van der Waals surface area (Å²) in [7, 11) is 0. The second-order valence-corrected chi connectivity index (χ2v) is 5.36. The normalized spacial score (nSPS) is 10.7. The monoisotopic (exact) mass is 327 g/mol. The van der Waals surface area contributed by atoms with Crippen LogP contribution in [0.25, 0.3) is 21.9 Å². The molecule has 3 rings (SSSR count). The van der Waals surface area contributed by atoms with Crippen LogP contribution < -0.4 is 0 Å². The van der Waals surface area contributed by atoms with Gasteiger partial charge in [-0.2, -0.15) is 0 Å². The SMILES string of the molecule is O=[N+]([O-])c1ccccc1-c1cccc2ccc(Br)cc12. The van der Waals surface area contributed by atoms with Crippen LogP contribution in [-0.2, 0) is 0 Å². The molecular formula is C16H10BrNO2. The maximum atomic E-state index is 11.2. The molecule has 0 aliphatic heterocycles. The van der Waals surface area contributed by atoms with Crippen LogP contribution in [0.2, 0.25) is 0 Å². The van der Waals surface area contributed by atoms with Crippen molar-refractivity contribution in [2.45, 2.75) is 0 Å². The Bertz CT molecular complexity index is 814. The highest BCUT2D eigenvalue weighted by atomic mass is 79.9. The maximum absolute atomic E-state index is 11.2. The van der Waals surface area contributed by atoms with E-state index in [4.69, 9.17) is 0 Å². The molecule has 0 heterocycles. The van der Waals surface area contributed by atoms with E-state index in [1.807, 2.05) is 42.5 Å². The van der Waals surface area contributed by atoms with Gasteiger partial charge in [-0.05, 0) is 34.5 Å². The fourth-order valence-electron chi connectivity index (χ4n) is 2.34. The zero-order valence-corrected chi connectivity index (χ0v) is 12.0. The second-order valence-electron chi connectivity index (χ2n) is 4.45. The molecule has 0 amide bonds. The Morgan fingerprint density at radius 1 is 0.900 bits per heavy atom. The van der Waals surface area contributed by atoms with Crippen LogP contribution in [0.15, 0.2) is 65.1 Å². The summed E-state index contributed by atoms with van der Waals surface area (Å²) in [5.74, 6) is 0. The molecule has 0 aromatic heterocycles. The average Bonchev–Trinajstić information content (AvgIpc) is 2.46. The van der Waals surface area contributed by atoms with E-state index in [0.29, 0.717) is 5.56 Å². The van der Waals surface area contributed by atoms with Crippen LogP contribution in [0.3, 0.4) is 0 Å². The van der Waals surface area contributed by atoms with Crippen LogP contribution >= 0.6 is 15.9 Å². The van der Waals surface area contributed by atoms with Gasteiger partial charge in [-0.3, -0.25) is 10.1 Å². The molecule has 4 heteroatoms. The summed E-state index contributed by atoms with van der Waals surface area (Å²) in [6, 6.07) is 18.6. The molecule has 0 radical (unpaired) electrons. The summed E-state index contributed by atoms with van der Waals surface area (Å²) in [6.45, 7) is 0. The fraction of sp³-hybridized carbons (Fsp3) is 0. The minimum Gasteiger partial charge on any atom is -0.258 e. The number of nitro benzene ring substituents is 1. The summed E-state index contributed by atoms with van der Waals surface area (Å²) in [5, 5.41) is 13.2. The van der Waals surface area contributed by atoms with Crippen molar-refractivity contribution in [1.82, 2.24) is 0 Å². The van der Waals surface area contributed by atoms with Crippen molar-refractivity contribution in [2.75, 3.05) is 0 Å². The van der Waals surface area contributed by atoms with Crippen molar-refractivity contribution in [1.29, 1.82) is 0 Å². The molecule has 0 spiro atoms. The second kappa shape index (κ2) is 5.06. The molecule has 0 fully saturated rings. The minimum absolute atomic E-state index is 0.125. The topological polar surface area (TPSA) is 43.1 Å². The molecule has 3 nitrogen and oxygen atoms in total. The molecule has 0 bridgehead atoms. The van der Waals surface area contributed by atoms with Gasteiger partial charge in [0.15, 0.2) is 0 Å². The van der Waals surface area contributed by atoms with Gasteiger partial charge < -0.3 is 0 Å². The number of rotatable bonds is 2. The van der Waals surface area contributed by atoms with Gasteiger partial charge in [0.05, 0.1) is 10.5 Å². The van der Waals surface area contributed by atoms with Crippen molar-refractivity contribution in [3.8, 4) is 11.1 Å². The number of nitrogens with zero attached hydrogens (tertiary/aromatic N) is 1. The lowest BCUT2D eigenvalue weighted by Crippen LogP contribution is -1.92. The quantitative estimate of drug-likeness (QED) is 0.481. The molecule has 0 N–H and O–H groups in total. The van der Waals surface area contributed by atoms with Gasteiger partial charge in [0, 0.05) is 10.5 Å². The fourth-order valence-corrected chi connectivity index (χ4v) is 2.70. The lowest BCUT2D eigenvalue weighted by Gasteiger charge is -2.08. The van der Waals surface area contributed by atoms with E-state index in [-0.39, 0.29) is 10.6 Å². The third-order valence-electron chi connectivity index (χ3n) is 3.24. The first-order valence-corrected chi connectivity index (χ1v) is 6.88. The van der Waals surface area contributed by atoms with Gasteiger partial charge in [-0.25, -0.2) is 0 Å². The van der Waals surface area contributed by atoms with Crippen molar-refractivity contribution >= 4 is 32.4 Å². The minimum atomic E-state index is -0.341. The third-order valence-corrected chi connectivity index (χ3v) is 3.73.